The third-order valence-electron chi connectivity index (χ3n) is 3.75. The maximum absolute atomic E-state index is 12.3. The van der Waals surface area contributed by atoms with Crippen molar-refractivity contribution in [3.8, 4) is 5.75 Å². The van der Waals surface area contributed by atoms with Gasteiger partial charge in [-0.1, -0.05) is 26.0 Å². The van der Waals surface area contributed by atoms with Gasteiger partial charge in [0.2, 0.25) is 0 Å². The highest BCUT2D eigenvalue weighted by molar-refractivity contribution is 5.92. The quantitative estimate of drug-likeness (QED) is 0.792. The van der Waals surface area contributed by atoms with Crippen LogP contribution in [0.25, 0.3) is 0 Å². The molecule has 5 heteroatoms. The first kappa shape index (κ1) is 15.4. The second-order valence-electron chi connectivity index (χ2n) is 5.62. The number of likely N-dealkylation sites (N-methyl/N-ethyl adjacent to an activating group) is 1. The summed E-state index contributed by atoms with van der Waals surface area (Å²) in [4.78, 5) is 25.9. The maximum Gasteiger partial charge on any atom is 0.329 e. The summed E-state index contributed by atoms with van der Waals surface area (Å²) >= 11 is 0. The molecule has 5 nitrogen and oxygen atoms in total. The predicted molar refractivity (Wildman–Crippen MR) is 78.0 cm³/mol. The van der Waals surface area contributed by atoms with Gasteiger partial charge in [0, 0.05) is 13.5 Å². The van der Waals surface area contributed by atoms with Crippen LogP contribution >= 0.6 is 0 Å². The van der Waals surface area contributed by atoms with Crippen molar-refractivity contribution in [2.45, 2.75) is 32.4 Å². The molecule has 1 amide bonds. The average Bonchev–Trinajstić information content (AvgIpc) is 2.45. The van der Waals surface area contributed by atoms with Gasteiger partial charge < -0.3 is 14.4 Å². The van der Waals surface area contributed by atoms with Gasteiger partial charge in [0.25, 0.3) is 5.91 Å². The van der Waals surface area contributed by atoms with Crippen molar-refractivity contribution in [3.05, 3.63) is 29.8 Å². The van der Waals surface area contributed by atoms with E-state index in [-0.39, 0.29) is 17.8 Å². The number of benzene rings is 1. The second kappa shape index (κ2) is 6.16. The van der Waals surface area contributed by atoms with Crippen molar-refractivity contribution in [2.75, 3.05) is 14.2 Å². The number of hydrogen-bond acceptors (Lipinski definition) is 4. The fraction of sp³-hybridized carbons (Fsp3) is 0.500. The van der Waals surface area contributed by atoms with Gasteiger partial charge in [0.05, 0.1) is 7.11 Å². The van der Waals surface area contributed by atoms with Gasteiger partial charge in [-0.2, -0.15) is 0 Å². The number of hydrogen-bond donors (Lipinski definition) is 0. The Morgan fingerprint density at radius 1 is 1.24 bits per heavy atom. The summed E-state index contributed by atoms with van der Waals surface area (Å²) in [6, 6.07) is 6.89. The van der Waals surface area contributed by atoms with E-state index < -0.39 is 12.1 Å². The van der Waals surface area contributed by atoms with Crippen LogP contribution in [0, 0.1) is 5.92 Å². The van der Waals surface area contributed by atoms with Gasteiger partial charge in [-0.3, -0.25) is 4.79 Å². The number of carbonyl (C=O) groups excluding carboxylic acids is 2. The van der Waals surface area contributed by atoms with Crippen LogP contribution in [0.5, 0.6) is 5.75 Å². The van der Waals surface area contributed by atoms with Gasteiger partial charge in [-0.05, 0) is 23.6 Å². The summed E-state index contributed by atoms with van der Waals surface area (Å²) in [5.74, 6) is 0.311. The molecule has 21 heavy (non-hydrogen) atoms. The van der Waals surface area contributed by atoms with Gasteiger partial charge >= 0.3 is 5.97 Å². The zero-order valence-electron chi connectivity index (χ0n) is 12.8. The Morgan fingerprint density at radius 3 is 2.38 bits per heavy atom. The molecule has 0 bridgehead atoms. The highest BCUT2D eigenvalue weighted by Crippen LogP contribution is 2.22. The fourth-order valence-corrected chi connectivity index (χ4v) is 2.61. The zero-order chi connectivity index (χ0) is 15.6. The molecule has 1 aromatic carbocycles. The van der Waals surface area contributed by atoms with E-state index in [1.165, 1.54) is 4.90 Å². The van der Waals surface area contributed by atoms with E-state index in [1.54, 1.807) is 14.2 Å². The van der Waals surface area contributed by atoms with E-state index in [1.807, 2.05) is 38.1 Å². The van der Waals surface area contributed by atoms with Crippen LogP contribution in [-0.4, -0.2) is 43.1 Å². The second-order valence-corrected chi connectivity index (χ2v) is 5.62. The molecule has 1 heterocycles. The van der Waals surface area contributed by atoms with Crippen molar-refractivity contribution < 1.29 is 19.1 Å². The van der Waals surface area contributed by atoms with E-state index in [0.717, 1.165) is 11.3 Å². The number of rotatable bonds is 4. The van der Waals surface area contributed by atoms with E-state index in [0.29, 0.717) is 6.42 Å². The molecule has 0 saturated carbocycles. The first-order valence-electron chi connectivity index (χ1n) is 7.04. The Labute approximate surface area is 124 Å². The monoisotopic (exact) mass is 291 g/mol. The zero-order valence-corrected chi connectivity index (χ0v) is 12.8. The SMILES string of the molecule is COc1ccc(C[C@@H]2OC(=O)[C@@H](C(C)C)N(C)C2=O)cc1. The molecule has 0 aliphatic carbocycles. The van der Waals surface area contributed by atoms with Crippen molar-refractivity contribution in [2.24, 2.45) is 5.92 Å². The van der Waals surface area contributed by atoms with Crippen LogP contribution in [0.15, 0.2) is 24.3 Å². The van der Waals surface area contributed by atoms with Crippen LogP contribution < -0.4 is 4.74 Å². The Hall–Kier alpha value is -2.04. The van der Waals surface area contributed by atoms with E-state index >= 15 is 0 Å². The first-order chi connectivity index (χ1) is 9.93. The maximum atomic E-state index is 12.3. The van der Waals surface area contributed by atoms with Crippen LogP contribution in [-0.2, 0) is 20.7 Å². The Balaban J connectivity index is 2.10. The van der Waals surface area contributed by atoms with Crippen LogP contribution in [0.4, 0.5) is 0 Å². The lowest BCUT2D eigenvalue weighted by Crippen LogP contribution is -2.57. The minimum atomic E-state index is -0.745. The smallest absolute Gasteiger partial charge is 0.329 e. The lowest BCUT2D eigenvalue weighted by Gasteiger charge is -2.37. The highest BCUT2D eigenvalue weighted by atomic mass is 16.6. The molecule has 1 aromatic rings. The Bertz CT molecular complexity index is 524. The summed E-state index contributed by atoms with van der Waals surface area (Å²) in [5.41, 5.74) is 0.929. The van der Waals surface area contributed by atoms with Crippen molar-refractivity contribution in [1.29, 1.82) is 0 Å². The van der Waals surface area contributed by atoms with Crippen LogP contribution in [0.2, 0.25) is 0 Å². The molecule has 1 saturated heterocycles. The Morgan fingerprint density at radius 2 is 1.86 bits per heavy atom. The third-order valence-corrected chi connectivity index (χ3v) is 3.75. The number of morpholine rings is 1. The largest absolute Gasteiger partial charge is 0.497 e. The summed E-state index contributed by atoms with van der Waals surface area (Å²) in [7, 11) is 3.26. The number of ether oxygens (including phenoxy) is 2. The minimum Gasteiger partial charge on any atom is -0.497 e. The minimum absolute atomic E-state index is 0.0355. The van der Waals surface area contributed by atoms with Crippen molar-refractivity contribution in [1.82, 2.24) is 4.90 Å². The normalized spacial score (nSPS) is 22.4. The number of nitrogens with zero attached hydrogens (tertiary/aromatic N) is 1. The molecule has 0 N–H and O–H groups in total. The number of methoxy groups -OCH3 is 1. The Kier molecular flexibility index (Phi) is 4.50. The standard InChI is InChI=1S/C16H21NO4/c1-10(2)14-16(19)21-13(15(18)17(14)3)9-11-5-7-12(20-4)8-6-11/h5-8,10,13-14H,9H2,1-4H3/t13-,14+/m0/s1. The molecular formula is C16H21NO4. The summed E-state index contributed by atoms with van der Waals surface area (Å²) < 4.78 is 10.4. The van der Waals surface area contributed by atoms with Crippen molar-refractivity contribution >= 4 is 11.9 Å². The van der Waals surface area contributed by atoms with E-state index in [9.17, 15) is 9.59 Å². The number of carbonyl (C=O) groups is 2. The molecule has 2 atom stereocenters. The van der Waals surface area contributed by atoms with Crippen LogP contribution in [0.1, 0.15) is 19.4 Å². The third kappa shape index (κ3) is 3.17. The molecule has 1 fully saturated rings. The molecule has 0 spiro atoms. The number of cyclic esters (lactones) is 1. The van der Waals surface area contributed by atoms with Gasteiger partial charge in [0.1, 0.15) is 11.8 Å². The van der Waals surface area contributed by atoms with Gasteiger partial charge in [0.15, 0.2) is 6.10 Å². The van der Waals surface area contributed by atoms with Crippen molar-refractivity contribution in [3.63, 3.8) is 0 Å². The lowest BCUT2D eigenvalue weighted by molar-refractivity contribution is -0.178. The molecule has 0 unspecified atom stereocenters. The first-order valence-corrected chi connectivity index (χ1v) is 7.04. The molecule has 0 radical (unpaired) electrons. The summed E-state index contributed by atoms with van der Waals surface area (Å²) in [5, 5.41) is 0. The fourth-order valence-electron chi connectivity index (χ4n) is 2.61. The van der Waals surface area contributed by atoms with E-state index in [4.69, 9.17) is 9.47 Å². The molecule has 1 aliphatic heterocycles. The predicted octanol–water partition coefficient (Wildman–Crippen LogP) is 1.65. The molecule has 2 rings (SSSR count). The number of amides is 1. The van der Waals surface area contributed by atoms with E-state index in [2.05, 4.69) is 0 Å². The lowest BCUT2D eigenvalue weighted by atomic mass is 9.98. The molecule has 0 aromatic heterocycles. The molecular weight excluding hydrogens is 270 g/mol. The highest BCUT2D eigenvalue weighted by Gasteiger charge is 2.41. The average molecular weight is 291 g/mol. The van der Waals surface area contributed by atoms with Crippen LogP contribution in [0.3, 0.4) is 0 Å². The molecule has 114 valence electrons. The van der Waals surface area contributed by atoms with Gasteiger partial charge in [-0.25, -0.2) is 4.79 Å². The van der Waals surface area contributed by atoms with Gasteiger partial charge in [-0.15, -0.1) is 0 Å². The number of esters is 1. The molecule has 1 aliphatic rings. The summed E-state index contributed by atoms with van der Waals surface area (Å²) in [6.07, 6.45) is -0.366. The summed E-state index contributed by atoms with van der Waals surface area (Å²) in [6.45, 7) is 3.80. The topological polar surface area (TPSA) is 55.8 Å².